The normalized spacial score (nSPS) is 12.8. The fourth-order valence-electron chi connectivity index (χ4n) is 2.51. The van der Waals surface area contributed by atoms with Crippen LogP contribution < -0.4 is 14.8 Å². The molecule has 0 fully saturated rings. The van der Waals surface area contributed by atoms with E-state index in [4.69, 9.17) is 14.2 Å². The molecule has 0 aliphatic carbocycles. The van der Waals surface area contributed by atoms with Crippen LogP contribution in [0.25, 0.3) is 0 Å². The first-order valence-corrected chi connectivity index (χ1v) is 9.27. The van der Waals surface area contributed by atoms with E-state index in [0.29, 0.717) is 5.56 Å². The quantitative estimate of drug-likeness (QED) is 0.339. The van der Waals surface area contributed by atoms with Crippen LogP contribution in [0.2, 0.25) is 0 Å². The van der Waals surface area contributed by atoms with Crippen molar-refractivity contribution in [3.63, 3.8) is 0 Å². The Kier molecular flexibility index (Phi) is 8.78. The number of rotatable bonds is 10. The lowest BCUT2D eigenvalue weighted by atomic mass is 10.0. The second-order valence-electron chi connectivity index (χ2n) is 6.64. The summed E-state index contributed by atoms with van der Waals surface area (Å²) in [5, 5.41) is 12.5. The van der Waals surface area contributed by atoms with Crippen LogP contribution in [0.3, 0.4) is 0 Å². The predicted molar refractivity (Wildman–Crippen MR) is 102 cm³/mol. The van der Waals surface area contributed by atoms with Gasteiger partial charge in [0.15, 0.2) is 11.5 Å². The number of benzene rings is 1. The van der Waals surface area contributed by atoms with Gasteiger partial charge < -0.3 is 19.3 Å². The highest BCUT2D eigenvalue weighted by atomic mass is 16.6. The molecule has 0 spiro atoms. The highest BCUT2D eigenvalue weighted by Crippen LogP contribution is 2.31. The van der Waals surface area contributed by atoms with Gasteiger partial charge in [-0.05, 0) is 31.5 Å². The van der Waals surface area contributed by atoms with E-state index < -0.39 is 29.6 Å². The summed E-state index contributed by atoms with van der Waals surface area (Å²) >= 11 is 0. The van der Waals surface area contributed by atoms with E-state index in [1.165, 1.54) is 18.2 Å². The lowest BCUT2D eigenvalue weighted by Gasteiger charge is -2.32. The number of esters is 3. The summed E-state index contributed by atoms with van der Waals surface area (Å²) in [4.78, 5) is 46.9. The third-order valence-electron chi connectivity index (χ3n) is 3.67. The maximum atomic E-state index is 12.0. The SMILES string of the molecule is CCC(=O)Oc1ccc(C[C@](NC(C)C)(OC(C)=O)C(=O)O)cc1OC(=O)CC. The summed E-state index contributed by atoms with van der Waals surface area (Å²) in [6, 6.07) is 3.98. The van der Waals surface area contributed by atoms with Crippen LogP contribution in [0.1, 0.15) is 53.0 Å². The van der Waals surface area contributed by atoms with Gasteiger partial charge in [-0.2, -0.15) is 0 Å². The van der Waals surface area contributed by atoms with Crippen molar-refractivity contribution >= 4 is 23.9 Å². The Hall–Kier alpha value is -2.94. The zero-order valence-corrected chi connectivity index (χ0v) is 17.2. The van der Waals surface area contributed by atoms with E-state index >= 15 is 0 Å². The number of hydrogen-bond donors (Lipinski definition) is 2. The molecule has 0 saturated carbocycles. The van der Waals surface area contributed by atoms with Crippen molar-refractivity contribution in [1.29, 1.82) is 0 Å². The topological polar surface area (TPSA) is 128 Å². The number of carboxylic acid groups (broad SMARTS) is 1. The van der Waals surface area contributed by atoms with Crippen molar-refractivity contribution in [3.8, 4) is 11.5 Å². The second kappa shape index (κ2) is 10.6. The Balaban J connectivity index is 3.36. The first-order valence-electron chi connectivity index (χ1n) is 9.27. The lowest BCUT2D eigenvalue weighted by molar-refractivity contribution is -0.182. The van der Waals surface area contributed by atoms with E-state index in [-0.39, 0.29) is 36.8 Å². The minimum atomic E-state index is -2.02. The van der Waals surface area contributed by atoms with Crippen LogP contribution in [0.5, 0.6) is 11.5 Å². The van der Waals surface area contributed by atoms with Gasteiger partial charge in [0, 0.05) is 32.2 Å². The predicted octanol–water partition coefficient (Wildman–Crippen LogP) is 2.20. The summed E-state index contributed by atoms with van der Waals surface area (Å²) in [5.74, 6) is -3.22. The molecule has 1 aromatic rings. The number of carbonyl (C=O) groups is 4. The molecular weight excluding hydrogens is 382 g/mol. The molecule has 29 heavy (non-hydrogen) atoms. The van der Waals surface area contributed by atoms with E-state index in [9.17, 15) is 24.3 Å². The van der Waals surface area contributed by atoms with Crippen LogP contribution in [0.4, 0.5) is 0 Å². The number of carbonyl (C=O) groups excluding carboxylic acids is 3. The van der Waals surface area contributed by atoms with Gasteiger partial charge in [-0.3, -0.25) is 19.7 Å². The molecule has 0 unspecified atom stereocenters. The van der Waals surface area contributed by atoms with Crippen LogP contribution in [-0.4, -0.2) is 40.8 Å². The molecule has 0 saturated heterocycles. The van der Waals surface area contributed by atoms with Crippen LogP contribution in [0.15, 0.2) is 18.2 Å². The molecule has 1 rings (SSSR count). The molecular formula is C20H27NO8. The summed E-state index contributed by atoms with van der Waals surface area (Å²) in [6.07, 6.45) is -0.0403. The Morgan fingerprint density at radius 3 is 2.03 bits per heavy atom. The van der Waals surface area contributed by atoms with Gasteiger partial charge >= 0.3 is 23.9 Å². The zero-order valence-electron chi connectivity index (χ0n) is 17.2. The van der Waals surface area contributed by atoms with Crippen molar-refractivity contribution in [2.75, 3.05) is 0 Å². The standard InChI is InChI=1S/C20H27NO8/c1-6-17(23)27-15-9-8-14(10-16(15)28-18(24)7-2)11-20(19(25)26,21-12(3)4)29-13(5)22/h8-10,12,21H,6-7,11H2,1-5H3,(H,25,26)/t20-/m0/s1. The minimum absolute atomic E-state index is 0.0252. The number of carboxylic acids is 1. The van der Waals surface area contributed by atoms with Crippen LogP contribution in [0, 0.1) is 0 Å². The smallest absolute Gasteiger partial charge is 0.364 e. The third kappa shape index (κ3) is 7.19. The van der Waals surface area contributed by atoms with Crippen molar-refractivity contribution in [1.82, 2.24) is 5.32 Å². The summed E-state index contributed by atoms with van der Waals surface area (Å²) in [7, 11) is 0. The minimum Gasteiger partial charge on any atom is -0.477 e. The highest BCUT2D eigenvalue weighted by molar-refractivity contribution is 5.81. The van der Waals surface area contributed by atoms with Crippen molar-refractivity contribution in [2.45, 2.75) is 65.6 Å². The molecule has 1 aromatic carbocycles. The fraction of sp³-hybridized carbons (Fsp3) is 0.500. The first-order chi connectivity index (χ1) is 13.5. The van der Waals surface area contributed by atoms with E-state index in [0.717, 1.165) is 6.92 Å². The van der Waals surface area contributed by atoms with Crippen molar-refractivity contribution < 1.29 is 38.5 Å². The molecule has 0 radical (unpaired) electrons. The number of hydrogen-bond acceptors (Lipinski definition) is 8. The average molecular weight is 409 g/mol. The van der Waals surface area contributed by atoms with Crippen molar-refractivity contribution in [3.05, 3.63) is 23.8 Å². The zero-order chi connectivity index (χ0) is 22.2. The molecule has 1 atom stereocenters. The molecule has 0 aromatic heterocycles. The van der Waals surface area contributed by atoms with Crippen LogP contribution >= 0.6 is 0 Å². The molecule has 2 N–H and O–H groups in total. The highest BCUT2D eigenvalue weighted by Gasteiger charge is 2.43. The van der Waals surface area contributed by atoms with E-state index in [1.807, 2.05) is 0 Å². The molecule has 9 heteroatoms. The van der Waals surface area contributed by atoms with Gasteiger partial charge in [0.25, 0.3) is 5.72 Å². The summed E-state index contributed by atoms with van der Waals surface area (Å²) in [5.41, 5.74) is -1.63. The fourth-order valence-corrected chi connectivity index (χ4v) is 2.51. The Labute approximate surface area is 169 Å². The maximum absolute atomic E-state index is 12.0. The molecule has 0 bridgehead atoms. The average Bonchev–Trinajstić information content (AvgIpc) is 2.62. The Morgan fingerprint density at radius 1 is 1.03 bits per heavy atom. The molecule has 0 aliphatic rings. The molecule has 0 aliphatic heterocycles. The Bertz CT molecular complexity index is 774. The lowest BCUT2D eigenvalue weighted by Crippen LogP contribution is -2.59. The monoisotopic (exact) mass is 409 g/mol. The summed E-state index contributed by atoms with van der Waals surface area (Å²) < 4.78 is 15.5. The molecule has 0 heterocycles. The largest absolute Gasteiger partial charge is 0.477 e. The van der Waals surface area contributed by atoms with Gasteiger partial charge in [-0.15, -0.1) is 0 Å². The maximum Gasteiger partial charge on any atom is 0.364 e. The van der Waals surface area contributed by atoms with Gasteiger partial charge in [0.2, 0.25) is 0 Å². The number of ether oxygens (including phenoxy) is 3. The van der Waals surface area contributed by atoms with Gasteiger partial charge in [0.05, 0.1) is 0 Å². The van der Waals surface area contributed by atoms with Crippen molar-refractivity contribution in [2.24, 2.45) is 0 Å². The van der Waals surface area contributed by atoms with Crippen LogP contribution in [-0.2, 0) is 30.3 Å². The molecule has 0 amide bonds. The Morgan fingerprint density at radius 2 is 1.59 bits per heavy atom. The molecule has 9 nitrogen and oxygen atoms in total. The first kappa shape index (κ1) is 24.1. The van der Waals surface area contributed by atoms with E-state index in [1.54, 1.807) is 27.7 Å². The second-order valence-corrected chi connectivity index (χ2v) is 6.64. The van der Waals surface area contributed by atoms with Gasteiger partial charge in [0.1, 0.15) is 0 Å². The molecule has 160 valence electrons. The number of nitrogens with one attached hydrogen (secondary N) is 1. The number of aliphatic carboxylic acids is 1. The van der Waals surface area contributed by atoms with E-state index in [2.05, 4.69) is 5.32 Å². The van der Waals surface area contributed by atoms with Gasteiger partial charge in [-0.1, -0.05) is 19.9 Å². The third-order valence-corrected chi connectivity index (χ3v) is 3.67. The summed E-state index contributed by atoms with van der Waals surface area (Å²) in [6.45, 7) is 7.76. The van der Waals surface area contributed by atoms with Gasteiger partial charge in [-0.25, -0.2) is 4.79 Å².